The molecule has 7 nitrogen and oxygen atoms in total. The van der Waals surface area contributed by atoms with Gasteiger partial charge in [-0.3, -0.25) is 15.2 Å². The molecular formula is C17H15N5O2S. The van der Waals surface area contributed by atoms with Gasteiger partial charge in [0.25, 0.3) is 0 Å². The van der Waals surface area contributed by atoms with Gasteiger partial charge in [0.15, 0.2) is 11.6 Å². The molecule has 0 radical (unpaired) electrons. The third-order valence-corrected chi connectivity index (χ3v) is 4.49. The fraction of sp³-hybridized carbons (Fsp3) is 0.118. The van der Waals surface area contributed by atoms with E-state index in [0.29, 0.717) is 11.6 Å². The predicted octanol–water partition coefficient (Wildman–Crippen LogP) is 3.55. The molecule has 126 valence electrons. The Balaban J connectivity index is 1.47. The molecule has 0 spiro atoms. The normalized spacial score (nSPS) is 12.2. The van der Waals surface area contributed by atoms with Crippen LogP contribution in [0.15, 0.2) is 64.2 Å². The molecule has 1 amide bonds. The molecule has 0 saturated heterocycles. The number of H-pyrrole nitrogens is 1. The highest BCUT2D eigenvalue weighted by atomic mass is 32.1. The van der Waals surface area contributed by atoms with Gasteiger partial charge in [-0.25, -0.2) is 0 Å². The summed E-state index contributed by atoms with van der Waals surface area (Å²) in [6.45, 7) is 0. The van der Waals surface area contributed by atoms with Crippen LogP contribution in [0.5, 0.6) is 0 Å². The zero-order valence-corrected chi connectivity index (χ0v) is 13.9. The quantitative estimate of drug-likeness (QED) is 0.555. The van der Waals surface area contributed by atoms with Gasteiger partial charge in [0.2, 0.25) is 11.9 Å². The number of anilines is 1. The van der Waals surface area contributed by atoms with E-state index in [1.54, 1.807) is 29.7 Å². The number of thiophene rings is 1. The minimum Gasteiger partial charge on any atom is -0.461 e. The second-order valence-electron chi connectivity index (χ2n) is 5.44. The van der Waals surface area contributed by atoms with Crippen LogP contribution in [0.2, 0.25) is 0 Å². The second-order valence-corrected chi connectivity index (χ2v) is 6.22. The molecular weight excluding hydrogens is 338 g/mol. The van der Waals surface area contributed by atoms with Crippen molar-refractivity contribution in [3.63, 3.8) is 0 Å². The van der Waals surface area contributed by atoms with Crippen LogP contribution in [0.4, 0.5) is 5.95 Å². The van der Waals surface area contributed by atoms with Crippen molar-refractivity contribution in [3.8, 4) is 11.6 Å². The molecule has 0 saturated carbocycles. The van der Waals surface area contributed by atoms with Crippen molar-refractivity contribution in [1.82, 2.24) is 19.7 Å². The minimum atomic E-state index is -0.158. The predicted molar refractivity (Wildman–Crippen MR) is 94.2 cm³/mol. The van der Waals surface area contributed by atoms with E-state index in [4.69, 9.17) is 4.42 Å². The first kappa shape index (κ1) is 15.4. The first-order valence-corrected chi connectivity index (χ1v) is 8.64. The summed E-state index contributed by atoms with van der Waals surface area (Å²) in [4.78, 5) is 16.7. The van der Waals surface area contributed by atoms with E-state index in [1.165, 1.54) is 0 Å². The van der Waals surface area contributed by atoms with E-state index in [0.717, 1.165) is 5.56 Å². The smallest absolute Gasteiger partial charge is 0.249 e. The zero-order chi connectivity index (χ0) is 17.1. The summed E-state index contributed by atoms with van der Waals surface area (Å²) in [7, 11) is 0. The third-order valence-electron chi connectivity index (χ3n) is 3.79. The maximum Gasteiger partial charge on any atom is 0.249 e. The fourth-order valence-electron chi connectivity index (χ4n) is 2.61. The lowest BCUT2D eigenvalue weighted by Crippen LogP contribution is -2.19. The maximum atomic E-state index is 12.5. The van der Waals surface area contributed by atoms with Gasteiger partial charge in [-0.15, -0.1) is 5.10 Å². The van der Waals surface area contributed by atoms with Crippen LogP contribution in [0.1, 0.15) is 18.0 Å². The number of aromatic amines is 1. The summed E-state index contributed by atoms with van der Waals surface area (Å²) in [6.07, 6.45) is 5.75. The van der Waals surface area contributed by atoms with Gasteiger partial charge < -0.3 is 8.98 Å². The van der Waals surface area contributed by atoms with Crippen LogP contribution >= 0.6 is 11.3 Å². The van der Waals surface area contributed by atoms with Crippen molar-refractivity contribution in [2.75, 3.05) is 5.32 Å². The number of aromatic nitrogens is 4. The Morgan fingerprint density at radius 1 is 1.32 bits per heavy atom. The average molecular weight is 353 g/mol. The van der Waals surface area contributed by atoms with Crippen molar-refractivity contribution < 1.29 is 9.21 Å². The van der Waals surface area contributed by atoms with Crippen molar-refractivity contribution in [1.29, 1.82) is 0 Å². The summed E-state index contributed by atoms with van der Waals surface area (Å²) < 4.78 is 7.27. The molecule has 0 fully saturated rings. The third kappa shape index (κ3) is 3.38. The molecule has 4 aromatic heterocycles. The number of amides is 1. The number of rotatable bonds is 6. The van der Waals surface area contributed by atoms with Gasteiger partial charge in [0.1, 0.15) is 0 Å². The molecule has 8 heteroatoms. The molecule has 4 heterocycles. The number of nitrogens with one attached hydrogen (secondary N) is 2. The lowest BCUT2D eigenvalue weighted by Gasteiger charge is -2.17. The molecule has 25 heavy (non-hydrogen) atoms. The van der Waals surface area contributed by atoms with Crippen molar-refractivity contribution >= 4 is 23.2 Å². The summed E-state index contributed by atoms with van der Waals surface area (Å²) >= 11 is 1.61. The molecule has 0 bridgehead atoms. The van der Waals surface area contributed by atoms with E-state index in [2.05, 4.69) is 25.9 Å². The van der Waals surface area contributed by atoms with Crippen LogP contribution in [-0.4, -0.2) is 25.7 Å². The summed E-state index contributed by atoms with van der Waals surface area (Å²) in [5.41, 5.74) is 1.10. The number of carbonyl (C=O) groups is 1. The topological polar surface area (TPSA) is 88.7 Å². The van der Waals surface area contributed by atoms with Crippen LogP contribution in [0, 0.1) is 0 Å². The number of furan rings is 1. The summed E-state index contributed by atoms with van der Waals surface area (Å²) in [5.74, 6) is 1.11. The largest absolute Gasteiger partial charge is 0.461 e. The number of nitrogens with zero attached hydrogens (tertiary/aromatic N) is 3. The van der Waals surface area contributed by atoms with E-state index >= 15 is 0 Å². The average Bonchev–Trinajstić information content (AvgIpc) is 3.42. The highest BCUT2D eigenvalue weighted by molar-refractivity contribution is 7.08. The van der Waals surface area contributed by atoms with Crippen molar-refractivity contribution in [2.45, 2.75) is 12.5 Å². The van der Waals surface area contributed by atoms with Crippen molar-refractivity contribution in [3.05, 3.63) is 65.3 Å². The van der Waals surface area contributed by atoms with Gasteiger partial charge in [-0.05, 0) is 46.7 Å². The van der Waals surface area contributed by atoms with Crippen LogP contribution in [-0.2, 0) is 4.79 Å². The van der Waals surface area contributed by atoms with Gasteiger partial charge in [0.05, 0.1) is 18.7 Å². The molecule has 0 aliphatic carbocycles. The summed E-state index contributed by atoms with van der Waals surface area (Å²) in [5, 5.41) is 13.6. The SMILES string of the molecule is O=C(C[C@@H](c1ccsc1)n1cccc1)Nc1n[nH]c(-c2ccco2)n1. The van der Waals surface area contributed by atoms with Gasteiger partial charge >= 0.3 is 0 Å². The molecule has 0 unspecified atom stereocenters. The van der Waals surface area contributed by atoms with Crippen molar-refractivity contribution in [2.24, 2.45) is 0 Å². The number of hydrogen-bond donors (Lipinski definition) is 2. The minimum absolute atomic E-state index is 0.0651. The highest BCUT2D eigenvalue weighted by Gasteiger charge is 2.19. The Morgan fingerprint density at radius 3 is 2.92 bits per heavy atom. The van der Waals surface area contributed by atoms with Crippen LogP contribution in [0.3, 0.4) is 0 Å². The van der Waals surface area contributed by atoms with Gasteiger partial charge in [0, 0.05) is 12.4 Å². The number of carbonyl (C=O) groups excluding carboxylic acids is 1. The van der Waals surface area contributed by atoms with E-state index in [9.17, 15) is 4.79 Å². The molecule has 1 atom stereocenters. The summed E-state index contributed by atoms with van der Waals surface area (Å²) in [6, 6.07) is 9.39. The van der Waals surface area contributed by atoms with Crippen LogP contribution < -0.4 is 5.32 Å². The molecule has 0 aliphatic heterocycles. The first-order valence-electron chi connectivity index (χ1n) is 7.70. The first-order chi connectivity index (χ1) is 12.3. The molecule has 0 aliphatic rings. The number of hydrogen-bond acceptors (Lipinski definition) is 5. The zero-order valence-electron chi connectivity index (χ0n) is 13.1. The molecule has 4 aromatic rings. The molecule has 0 aromatic carbocycles. The van der Waals surface area contributed by atoms with E-state index in [-0.39, 0.29) is 24.3 Å². The van der Waals surface area contributed by atoms with Crippen LogP contribution in [0.25, 0.3) is 11.6 Å². The lowest BCUT2D eigenvalue weighted by atomic mass is 10.1. The standard InChI is InChI=1S/C17H15N5O2S/c23-15(18-17-19-16(20-21-17)14-4-3-8-24-14)10-13(12-5-9-25-11-12)22-6-1-2-7-22/h1-9,11,13H,10H2,(H2,18,19,20,21,23)/t13-/m0/s1. The van der Waals surface area contributed by atoms with Gasteiger partial charge in [-0.1, -0.05) is 0 Å². The maximum absolute atomic E-state index is 12.5. The monoisotopic (exact) mass is 353 g/mol. The molecule has 4 rings (SSSR count). The Kier molecular flexibility index (Phi) is 4.17. The fourth-order valence-corrected chi connectivity index (χ4v) is 3.32. The Labute approximate surface area is 147 Å². The van der Waals surface area contributed by atoms with E-state index in [1.807, 2.05) is 40.5 Å². The van der Waals surface area contributed by atoms with E-state index < -0.39 is 0 Å². The lowest BCUT2D eigenvalue weighted by molar-refractivity contribution is -0.116. The Morgan fingerprint density at radius 2 is 2.20 bits per heavy atom. The Hall–Kier alpha value is -3.13. The second kappa shape index (κ2) is 6.78. The highest BCUT2D eigenvalue weighted by Crippen LogP contribution is 2.25. The Bertz CT molecular complexity index is 892. The molecule has 2 N–H and O–H groups in total. The van der Waals surface area contributed by atoms with Gasteiger partial charge in [-0.2, -0.15) is 16.3 Å².